The Labute approximate surface area is 161 Å². The average Bonchev–Trinajstić information content (AvgIpc) is 3.24. The summed E-state index contributed by atoms with van der Waals surface area (Å²) in [6, 6.07) is 9.79. The number of thioether (sulfide) groups is 1. The van der Waals surface area contributed by atoms with Crippen LogP contribution in [0.5, 0.6) is 5.75 Å². The molecule has 2 heterocycles. The smallest absolute Gasteiger partial charge is 0.322 e. The predicted molar refractivity (Wildman–Crippen MR) is 103 cm³/mol. The molecule has 1 amide bonds. The van der Waals surface area contributed by atoms with Gasteiger partial charge in [-0.2, -0.15) is 5.10 Å². The molecule has 3 aromatic rings. The Morgan fingerprint density at radius 3 is 2.74 bits per heavy atom. The van der Waals surface area contributed by atoms with Gasteiger partial charge >= 0.3 is 6.01 Å². The summed E-state index contributed by atoms with van der Waals surface area (Å²) in [4.78, 5) is 13.2. The zero-order chi connectivity index (χ0) is 19.2. The van der Waals surface area contributed by atoms with Crippen LogP contribution < -0.4 is 10.1 Å². The lowest BCUT2D eigenvalue weighted by atomic mass is 10.3. The molecule has 0 saturated carbocycles. The Bertz CT molecular complexity index is 904. The second-order valence-corrected chi connectivity index (χ2v) is 7.05. The maximum atomic E-state index is 12.0. The highest BCUT2D eigenvalue weighted by molar-refractivity contribution is 7.99. The van der Waals surface area contributed by atoms with E-state index in [1.165, 1.54) is 0 Å². The molecule has 142 valence electrons. The molecule has 0 spiro atoms. The summed E-state index contributed by atoms with van der Waals surface area (Å²) in [6.45, 7) is 1.88. The zero-order valence-electron chi connectivity index (χ0n) is 15.4. The molecule has 27 heavy (non-hydrogen) atoms. The van der Waals surface area contributed by atoms with Crippen molar-refractivity contribution in [2.45, 2.75) is 24.7 Å². The standard InChI is InChI=1S/C18H21N5O3S/c1-12-11-15(23(2)22-12)17-20-21-18(26-17)19-16(24)5-4-10-27-14-8-6-13(25-3)7-9-14/h6-9,11H,4-5,10H2,1-3H3,(H,19,21,24). The molecular formula is C18H21N5O3S. The third-order valence-corrected chi connectivity index (χ3v) is 4.87. The molecule has 0 atom stereocenters. The van der Waals surface area contributed by atoms with Crippen LogP contribution >= 0.6 is 11.8 Å². The second-order valence-electron chi connectivity index (χ2n) is 5.88. The number of amides is 1. The largest absolute Gasteiger partial charge is 0.497 e. The van der Waals surface area contributed by atoms with Gasteiger partial charge in [-0.25, -0.2) is 0 Å². The van der Waals surface area contributed by atoms with Gasteiger partial charge in [0.15, 0.2) is 0 Å². The number of rotatable bonds is 8. The first kappa shape index (κ1) is 19.0. The maximum absolute atomic E-state index is 12.0. The van der Waals surface area contributed by atoms with Gasteiger partial charge in [0.2, 0.25) is 5.91 Å². The van der Waals surface area contributed by atoms with Crippen LogP contribution in [-0.2, 0) is 11.8 Å². The van der Waals surface area contributed by atoms with Crippen molar-refractivity contribution in [1.82, 2.24) is 20.0 Å². The minimum atomic E-state index is -0.151. The molecule has 0 aliphatic heterocycles. The molecule has 2 aromatic heterocycles. The Hall–Kier alpha value is -2.81. The van der Waals surface area contributed by atoms with Gasteiger partial charge in [-0.3, -0.25) is 14.8 Å². The van der Waals surface area contributed by atoms with E-state index in [9.17, 15) is 4.79 Å². The molecule has 9 heteroatoms. The monoisotopic (exact) mass is 387 g/mol. The van der Waals surface area contributed by atoms with Gasteiger partial charge in [-0.1, -0.05) is 5.10 Å². The van der Waals surface area contributed by atoms with E-state index in [1.807, 2.05) is 37.3 Å². The van der Waals surface area contributed by atoms with E-state index >= 15 is 0 Å². The summed E-state index contributed by atoms with van der Waals surface area (Å²) >= 11 is 1.70. The van der Waals surface area contributed by atoms with Crippen molar-refractivity contribution in [2.24, 2.45) is 7.05 Å². The molecule has 0 aliphatic carbocycles. The number of aromatic nitrogens is 4. The maximum Gasteiger partial charge on any atom is 0.322 e. The number of ether oxygens (including phenoxy) is 1. The number of nitrogens with zero attached hydrogens (tertiary/aromatic N) is 4. The number of hydrogen-bond donors (Lipinski definition) is 1. The van der Waals surface area contributed by atoms with Crippen molar-refractivity contribution >= 4 is 23.7 Å². The molecule has 8 nitrogen and oxygen atoms in total. The minimum Gasteiger partial charge on any atom is -0.497 e. The first-order chi connectivity index (χ1) is 13.0. The molecule has 1 N–H and O–H groups in total. The van der Waals surface area contributed by atoms with Crippen LogP contribution in [0.15, 0.2) is 39.6 Å². The summed E-state index contributed by atoms with van der Waals surface area (Å²) in [5.74, 6) is 1.84. The highest BCUT2D eigenvalue weighted by atomic mass is 32.2. The fourth-order valence-corrected chi connectivity index (χ4v) is 3.32. The lowest BCUT2D eigenvalue weighted by Gasteiger charge is -2.03. The summed E-state index contributed by atoms with van der Waals surface area (Å²) < 4.78 is 12.3. The summed E-state index contributed by atoms with van der Waals surface area (Å²) in [7, 11) is 3.44. The number of anilines is 1. The van der Waals surface area contributed by atoms with Crippen molar-refractivity contribution in [3.63, 3.8) is 0 Å². The van der Waals surface area contributed by atoms with Crippen molar-refractivity contribution < 1.29 is 13.9 Å². The van der Waals surface area contributed by atoms with Crippen molar-refractivity contribution in [3.8, 4) is 17.3 Å². The number of benzene rings is 1. The Morgan fingerprint density at radius 1 is 1.30 bits per heavy atom. The first-order valence-corrected chi connectivity index (χ1v) is 9.45. The van der Waals surface area contributed by atoms with Gasteiger partial charge in [0.1, 0.15) is 11.4 Å². The fourth-order valence-electron chi connectivity index (χ4n) is 2.46. The highest BCUT2D eigenvalue weighted by Crippen LogP contribution is 2.23. The van der Waals surface area contributed by atoms with Crippen molar-refractivity contribution in [1.29, 1.82) is 0 Å². The number of hydrogen-bond acceptors (Lipinski definition) is 7. The van der Waals surface area contributed by atoms with Crippen LogP contribution in [0.3, 0.4) is 0 Å². The van der Waals surface area contributed by atoms with Gasteiger partial charge in [-0.05, 0) is 49.4 Å². The predicted octanol–water partition coefficient (Wildman–Crippen LogP) is 3.30. The van der Waals surface area contributed by atoms with Gasteiger partial charge < -0.3 is 9.15 Å². The Kier molecular flexibility index (Phi) is 6.12. The van der Waals surface area contributed by atoms with Crippen LogP contribution in [0.4, 0.5) is 6.01 Å². The topological polar surface area (TPSA) is 95.1 Å². The van der Waals surface area contributed by atoms with E-state index in [1.54, 1.807) is 30.6 Å². The number of methoxy groups -OCH3 is 1. The van der Waals surface area contributed by atoms with E-state index in [0.717, 1.165) is 28.5 Å². The molecule has 3 rings (SSSR count). The van der Waals surface area contributed by atoms with E-state index < -0.39 is 0 Å². The molecule has 0 bridgehead atoms. The number of carbonyl (C=O) groups is 1. The Morgan fingerprint density at radius 2 is 2.07 bits per heavy atom. The van der Waals surface area contributed by atoms with E-state index in [-0.39, 0.29) is 11.9 Å². The van der Waals surface area contributed by atoms with Crippen LogP contribution in [0.1, 0.15) is 18.5 Å². The lowest BCUT2D eigenvalue weighted by Crippen LogP contribution is -2.11. The number of aryl methyl sites for hydroxylation is 2. The average molecular weight is 387 g/mol. The normalized spacial score (nSPS) is 10.8. The molecule has 0 radical (unpaired) electrons. The summed E-state index contributed by atoms with van der Waals surface area (Å²) in [6.07, 6.45) is 1.12. The summed E-state index contributed by atoms with van der Waals surface area (Å²) in [5.41, 5.74) is 1.56. The zero-order valence-corrected chi connectivity index (χ0v) is 16.2. The Balaban J connectivity index is 1.43. The fraction of sp³-hybridized carbons (Fsp3) is 0.333. The van der Waals surface area contributed by atoms with Crippen LogP contribution in [0.25, 0.3) is 11.6 Å². The minimum absolute atomic E-state index is 0.0941. The molecule has 0 aliphatic rings. The SMILES string of the molecule is COc1ccc(SCCCC(=O)Nc2nnc(-c3cc(C)nn3C)o2)cc1. The quantitative estimate of drug-likeness (QED) is 0.468. The second kappa shape index (κ2) is 8.72. The summed E-state index contributed by atoms with van der Waals surface area (Å²) in [5, 5.41) is 14.7. The van der Waals surface area contributed by atoms with Crippen molar-refractivity contribution in [3.05, 3.63) is 36.0 Å². The van der Waals surface area contributed by atoms with Gasteiger partial charge in [0.25, 0.3) is 5.89 Å². The molecule has 0 saturated heterocycles. The third kappa shape index (κ3) is 5.10. The highest BCUT2D eigenvalue weighted by Gasteiger charge is 2.14. The van der Waals surface area contributed by atoms with E-state index in [2.05, 4.69) is 20.6 Å². The van der Waals surface area contributed by atoms with Crippen LogP contribution in [0, 0.1) is 6.92 Å². The van der Waals surface area contributed by atoms with Gasteiger partial charge in [-0.15, -0.1) is 16.9 Å². The third-order valence-electron chi connectivity index (χ3n) is 3.77. The first-order valence-electron chi connectivity index (χ1n) is 8.46. The van der Waals surface area contributed by atoms with E-state index in [0.29, 0.717) is 18.0 Å². The van der Waals surface area contributed by atoms with Gasteiger partial charge in [0.05, 0.1) is 12.8 Å². The van der Waals surface area contributed by atoms with E-state index in [4.69, 9.17) is 9.15 Å². The molecule has 0 unspecified atom stereocenters. The molecule has 1 aromatic carbocycles. The number of nitrogens with one attached hydrogen (secondary N) is 1. The lowest BCUT2D eigenvalue weighted by molar-refractivity contribution is -0.116. The van der Waals surface area contributed by atoms with Crippen LogP contribution in [-0.4, -0.2) is 38.7 Å². The molecular weight excluding hydrogens is 366 g/mol. The van der Waals surface area contributed by atoms with Crippen molar-refractivity contribution in [2.75, 3.05) is 18.2 Å². The number of carbonyl (C=O) groups excluding carboxylic acids is 1. The van der Waals surface area contributed by atoms with Crippen LogP contribution in [0.2, 0.25) is 0 Å². The van der Waals surface area contributed by atoms with Gasteiger partial charge in [0, 0.05) is 18.4 Å². The molecule has 0 fully saturated rings.